The van der Waals surface area contributed by atoms with E-state index in [0.717, 1.165) is 10.5 Å². The lowest BCUT2D eigenvalue weighted by atomic mass is 10.0. The summed E-state index contributed by atoms with van der Waals surface area (Å²) in [5.74, 6) is 0. The van der Waals surface area contributed by atoms with E-state index < -0.39 is 0 Å². The summed E-state index contributed by atoms with van der Waals surface area (Å²) in [5.41, 5.74) is 0. The highest BCUT2D eigenvalue weighted by molar-refractivity contribution is 4.57. The van der Waals surface area contributed by atoms with Crippen molar-refractivity contribution in [1.29, 1.82) is 0 Å². The molecule has 184 valence electrons. The summed E-state index contributed by atoms with van der Waals surface area (Å²) in [6.07, 6.45) is 32.1. The zero-order valence-electron chi connectivity index (χ0n) is 22.0. The normalized spacial score (nSPS) is 12.7. The van der Waals surface area contributed by atoms with E-state index in [1.165, 1.54) is 141 Å². The van der Waals surface area contributed by atoms with Gasteiger partial charge in [-0.15, -0.1) is 0 Å². The fourth-order valence-electron chi connectivity index (χ4n) is 4.77. The van der Waals surface area contributed by atoms with Crippen LogP contribution in [0.2, 0.25) is 0 Å². The van der Waals surface area contributed by atoms with E-state index in [2.05, 4.69) is 35.0 Å². The standard InChI is InChI=1S/C28H60N.ClH/c1-6-8-9-10-11-12-13-14-15-16-17-18-19-20-21-22-23-24-25-26-27-28(7-2)29(3,4)5;/h28H,6-27H2,1-5H3;1H/q+1;/p-1. The molecule has 0 saturated carbocycles. The van der Waals surface area contributed by atoms with Crippen molar-refractivity contribution in [3.8, 4) is 0 Å². The zero-order valence-corrected chi connectivity index (χ0v) is 22.7. The molecule has 30 heavy (non-hydrogen) atoms. The van der Waals surface area contributed by atoms with Crippen molar-refractivity contribution in [1.82, 2.24) is 0 Å². The number of rotatable bonds is 23. The number of quaternary nitrogens is 1. The first kappa shape index (κ1) is 32.4. The highest BCUT2D eigenvalue weighted by Gasteiger charge is 2.20. The van der Waals surface area contributed by atoms with Crippen LogP contribution < -0.4 is 12.4 Å². The van der Waals surface area contributed by atoms with E-state index in [9.17, 15) is 0 Å². The lowest BCUT2D eigenvalue weighted by Crippen LogP contribution is -3.00. The Morgan fingerprint density at radius 2 is 0.700 bits per heavy atom. The second kappa shape index (κ2) is 23.9. The number of hydrogen-bond acceptors (Lipinski definition) is 0. The van der Waals surface area contributed by atoms with Crippen molar-refractivity contribution < 1.29 is 16.9 Å². The minimum Gasteiger partial charge on any atom is -1.00 e. The Labute approximate surface area is 199 Å². The molecule has 0 rings (SSSR count). The Morgan fingerprint density at radius 1 is 0.433 bits per heavy atom. The molecule has 1 atom stereocenters. The van der Waals surface area contributed by atoms with Crippen LogP contribution in [-0.2, 0) is 0 Å². The first-order valence-corrected chi connectivity index (χ1v) is 13.8. The topological polar surface area (TPSA) is 0 Å². The van der Waals surface area contributed by atoms with Crippen LogP contribution in [0.15, 0.2) is 0 Å². The van der Waals surface area contributed by atoms with Crippen LogP contribution in [0.5, 0.6) is 0 Å². The molecular formula is C28H60ClN. The van der Waals surface area contributed by atoms with Crippen LogP contribution in [0.3, 0.4) is 0 Å². The Bertz CT molecular complexity index is 310. The lowest BCUT2D eigenvalue weighted by molar-refractivity contribution is -0.896. The second-order valence-electron chi connectivity index (χ2n) is 10.7. The molecule has 0 saturated heterocycles. The van der Waals surface area contributed by atoms with Crippen molar-refractivity contribution in [2.24, 2.45) is 0 Å². The minimum absolute atomic E-state index is 0. The molecule has 0 aromatic heterocycles. The maximum atomic E-state index is 2.35. The van der Waals surface area contributed by atoms with Gasteiger partial charge in [0.1, 0.15) is 0 Å². The molecule has 0 aliphatic heterocycles. The van der Waals surface area contributed by atoms with E-state index in [4.69, 9.17) is 0 Å². The third-order valence-corrected chi connectivity index (χ3v) is 6.96. The fourth-order valence-corrected chi connectivity index (χ4v) is 4.77. The molecule has 1 unspecified atom stereocenters. The van der Waals surface area contributed by atoms with Gasteiger partial charge in [-0.2, -0.15) is 0 Å². The van der Waals surface area contributed by atoms with Crippen LogP contribution in [0, 0.1) is 0 Å². The summed E-state index contributed by atoms with van der Waals surface area (Å²) in [7, 11) is 7.06. The third-order valence-electron chi connectivity index (χ3n) is 6.96. The maximum absolute atomic E-state index is 2.35. The van der Waals surface area contributed by atoms with Crippen molar-refractivity contribution in [2.45, 2.75) is 161 Å². The van der Waals surface area contributed by atoms with Gasteiger partial charge >= 0.3 is 0 Å². The number of unbranched alkanes of at least 4 members (excludes halogenated alkanes) is 19. The highest BCUT2D eigenvalue weighted by atomic mass is 35.5. The van der Waals surface area contributed by atoms with Gasteiger partial charge < -0.3 is 16.9 Å². The Morgan fingerprint density at radius 3 is 0.933 bits per heavy atom. The van der Waals surface area contributed by atoms with E-state index in [1.54, 1.807) is 0 Å². The predicted octanol–water partition coefficient (Wildman–Crippen LogP) is 6.69. The molecule has 0 aromatic rings. The highest BCUT2D eigenvalue weighted by Crippen LogP contribution is 2.18. The molecule has 1 nitrogen and oxygen atoms in total. The van der Waals surface area contributed by atoms with Crippen LogP contribution in [-0.4, -0.2) is 31.7 Å². The molecule has 0 aliphatic rings. The largest absolute Gasteiger partial charge is 1.00 e. The summed E-state index contributed by atoms with van der Waals surface area (Å²) in [4.78, 5) is 0. The number of nitrogens with zero attached hydrogens (tertiary/aromatic N) is 1. The van der Waals surface area contributed by atoms with E-state index in [1.807, 2.05) is 0 Å². The van der Waals surface area contributed by atoms with Gasteiger partial charge in [-0.05, 0) is 19.3 Å². The number of hydrogen-bond donors (Lipinski definition) is 0. The monoisotopic (exact) mass is 445 g/mol. The number of halogens is 1. The van der Waals surface area contributed by atoms with Gasteiger partial charge in [0.05, 0.1) is 27.2 Å². The molecule has 0 heterocycles. The van der Waals surface area contributed by atoms with Crippen LogP contribution in [0.25, 0.3) is 0 Å². The molecule has 0 fully saturated rings. The Kier molecular flexibility index (Phi) is 25.8. The molecule has 0 N–H and O–H groups in total. The van der Waals surface area contributed by atoms with E-state index >= 15 is 0 Å². The van der Waals surface area contributed by atoms with Crippen molar-refractivity contribution in [3.63, 3.8) is 0 Å². The third kappa shape index (κ3) is 22.9. The molecule has 0 aliphatic carbocycles. The van der Waals surface area contributed by atoms with Crippen LogP contribution in [0.4, 0.5) is 0 Å². The van der Waals surface area contributed by atoms with Gasteiger partial charge in [-0.1, -0.05) is 136 Å². The molecule has 0 aromatic carbocycles. The average molecular weight is 446 g/mol. The molecular weight excluding hydrogens is 386 g/mol. The van der Waals surface area contributed by atoms with E-state index in [-0.39, 0.29) is 12.4 Å². The first-order valence-electron chi connectivity index (χ1n) is 13.8. The Balaban J connectivity index is 0. The average Bonchev–Trinajstić information content (AvgIpc) is 2.68. The second-order valence-corrected chi connectivity index (χ2v) is 10.7. The van der Waals surface area contributed by atoms with Gasteiger partial charge in [0.15, 0.2) is 0 Å². The smallest absolute Gasteiger partial charge is 0.0881 e. The lowest BCUT2D eigenvalue weighted by Gasteiger charge is -2.33. The SMILES string of the molecule is CCCCCCCCCCCCCCCCCCCCCCC(CC)[N+](C)(C)C.[Cl-]. The molecule has 0 amide bonds. The maximum Gasteiger partial charge on any atom is 0.0881 e. The van der Waals surface area contributed by atoms with E-state index in [0.29, 0.717) is 0 Å². The summed E-state index contributed by atoms with van der Waals surface area (Å²) in [6, 6.07) is 0.852. The molecule has 0 bridgehead atoms. The summed E-state index contributed by atoms with van der Waals surface area (Å²) >= 11 is 0. The summed E-state index contributed by atoms with van der Waals surface area (Å²) in [5, 5.41) is 0. The zero-order chi connectivity index (χ0) is 21.6. The van der Waals surface area contributed by atoms with Crippen molar-refractivity contribution >= 4 is 0 Å². The first-order chi connectivity index (χ1) is 14.0. The van der Waals surface area contributed by atoms with Gasteiger partial charge in [-0.25, -0.2) is 0 Å². The van der Waals surface area contributed by atoms with Crippen LogP contribution in [0.1, 0.15) is 155 Å². The van der Waals surface area contributed by atoms with Gasteiger partial charge in [-0.3, -0.25) is 0 Å². The fraction of sp³-hybridized carbons (Fsp3) is 1.00. The quantitative estimate of drug-likeness (QED) is 0.121. The summed E-state index contributed by atoms with van der Waals surface area (Å²) in [6.45, 7) is 4.66. The van der Waals surface area contributed by atoms with Crippen molar-refractivity contribution in [2.75, 3.05) is 21.1 Å². The van der Waals surface area contributed by atoms with Gasteiger partial charge in [0.2, 0.25) is 0 Å². The predicted molar refractivity (Wildman–Crippen MR) is 135 cm³/mol. The van der Waals surface area contributed by atoms with Gasteiger partial charge in [0, 0.05) is 0 Å². The molecule has 0 spiro atoms. The minimum atomic E-state index is 0. The molecule has 2 heteroatoms. The molecule has 0 radical (unpaired) electrons. The summed E-state index contributed by atoms with van der Waals surface area (Å²) < 4.78 is 1.13. The van der Waals surface area contributed by atoms with Gasteiger partial charge in [0.25, 0.3) is 0 Å². The Hall–Kier alpha value is 0.250. The van der Waals surface area contributed by atoms with Crippen LogP contribution >= 0.6 is 0 Å². The van der Waals surface area contributed by atoms with Crippen molar-refractivity contribution in [3.05, 3.63) is 0 Å².